The van der Waals surface area contributed by atoms with Gasteiger partial charge in [0.25, 0.3) is 0 Å². The number of fused-ring (bicyclic) bond motifs is 1. The van der Waals surface area contributed by atoms with Crippen LogP contribution in [0.3, 0.4) is 0 Å². The third-order valence-corrected chi connectivity index (χ3v) is 4.46. The van der Waals surface area contributed by atoms with Gasteiger partial charge in [0, 0.05) is 0 Å². The first-order valence-electron chi connectivity index (χ1n) is 6.43. The van der Waals surface area contributed by atoms with Crippen molar-refractivity contribution in [2.45, 2.75) is 6.92 Å². The van der Waals surface area contributed by atoms with Crippen LogP contribution in [0.4, 0.5) is 5.82 Å². The molecule has 1 aromatic carbocycles. The Hall–Kier alpha value is -2.47. The molecule has 0 spiro atoms. The van der Waals surface area contributed by atoms with Crippen LogP contribution in [0.1, 0.15) is 5.56 Å². The third kappa shape index (κ3) is 1.87. The van der Waals surface area contributed by atoms with Crippen LogP contribution in [-0.2, 0) is 0 Å². The number of ether oxygens (including phenoxy) is 2. The van der Waals surface area contributed by atoms with E-state index in [1.165, 1.54) is 0 Å². The summed E-state index contributed by atoms with van der Waals surface area (Å²) >= 11 is 1.61. The molecule has 2 aromatic heterocycles. The minimum Gasteiger partial charge on any atom is -0.454 e. The number of hydrogen-bond acceptors (Lipinski definition) is 6. The third-order valence-electron chi connectivity index (χ3n) is 3.45. The molecular formula is C15H12N2O3S. The Morgan fingerprint density at radius 2 is 2.05 bits per heavy atom. The molecule has 5 nitrogen and oxygen atoms in total. The van der Waals surface area contributed by atoms with Gasteiger partial charge in [0.1, 0.15) is 0 Å². The predicted octanol–water partition coefficient (Wildman–Crippen LogP) is 3.69. The van der Waals surface area contributed by atoms with E-state index in [0.717, 1.165) is 27.3 Å². The summed E-state index contributed by atoms with van der Waals surface area (Å²) in [5.74, 6) is 2.51. The van der Waals surface area contributed by atoms with Gasteiger partial charge < -0.3 is 19.7 Å². The summed E-state index contributed by atoms with van der Waals surface area (Å²) in [6, 6.07) is 7.75. The molecule has 1 aliphatic rings. The van der Waals surface area contributed by atoms with Gasteiger partial charge in [0.2, 0.25) is 6.79 Å². The first kappa shape index (κ1) is 12.3. The van der Waals surface area contributed by atoms with Crippen LogP contribution in [0, 0.1) is 6.92 Å². The fraction of sp³-hybridized carbons (Fsp3) is 0.133. The minimum atomic E-state index is 0.245. The van der Waals surface area contributed by atoms with Gasteiger partial charge in [-0.2, -0.15) is 0 Å². The van der Waals surface area contributed by atoms with Crippen molar-refractivity contribution < 1.29 is 14.0 Å². The molecular weight excluding hydrogens is 288 g/mol. The minimum absolute atomic E-state index is 0.245. The Kier molecular flexibility index (Phi) is 2.65. The van der Waals surface area contributed by atoms with Crippen LogP contribution in [0.15, 0.2) is 34.2 Å². The van der Waals surface area contributed by atoms with Gasteiger partial charge in [0.15, 0.2) is 23.1 Å². The molecule has 0 fully saturated rings. The second-order valence-corrected chi connectivity index (χ2v) is 5.69. The molecule has 106 valence electrons. The van der Waals surface area contributed by atoms with Crippen molar-refractivity contribution in [1.29, 1.82) is 0 Å². The van der Waals surface area contributed by atoms with Gasteiger partial charge in [-0.1, -0.05) is 11.2 Å². The Morgan fingerprint density at radius 1 is 1.19 bits per heavy atom. The van der Waals surface area contributed by atoms with Crippen LogP contribution < -0.4 is 15.2 Å². The molecule has 6 heteroatoms. The molecule has 0 saturated carbocycles. The molecule has 0 unspecified atom stereocenters. The number of nitrogen functional groups attached to an aromatic ring is 1. The summed E-state index contributed by atoms with van der Waals surface area (Å²) in [5.41, 5.74) is 8.83. The average Bonchev–Trinajstić information content (AvgIpc) is 3.17. The van der Waals surface area contributed by atoms with Crippen LogP contribution >= 0.6 is 11.3 Å². The smallest absolute Gasteiger partial charge is 0.231 e. The summed E-state index contributed by atoms with van der Waals surface area (Å²) in [6.45, 7) is 2.28. The van der Waals surface area contributed by atoms with E-state index in [9.17, 15) is 0 Å². The van der Waals surface area contributed by atoms with Crippen molar-refractivity contribution in [3.63, 3.8) is 0 Å². The Balaban J connectivity index is 1.89. The van der Waals surface area contributed by atoms with E-state index in [1.807, 2.05) is 36.6 Å². The molecule has 21 heavy (non-hydrogen) atoms. The zero-order valence-electron chi connectivity index (χ0n) is 11.3. The number of anilines is 1. The standard InChI is InChI=1S/C15H12N2O3S/c1-8-4-5-21-14(8)13-12(15(16)17-20-13)9-2-3-10-11(6-9)19-7-18-10/h2-6H,7H2,1H3,(H2,16,17). The van der Waals surface area contributed by atoms with E-state index >= 15 is 0 Å². The summed E-state index contributed by atoms with van der Waals surface area (Å²) in [6.07, 6.45) is 0. The molecule has 1 aliphatic heterocycles. The lowest BCUT2D eigenvalue weighted by Crippen LogP contribution is -1.93. The number of aromatic nitrogens is 1. The fourth-order valence-electron chi connectivity index (χ4n) is 2.39. The molecule has 3 aromatic rings. The van der Waals surface area contributed by atoms with E-state index in [1.54, 1.807) is 11.3 Å². The van der Waals surface area contributed by atoms with Gasteiger partial charge in [-0.15, -0.1) is 11.3 Å². The Bertz CT molecular complexity index is 822. The maximum atomic E-state index is 6.00. The second-order valence-electron chi connectivity index (χ2n) is 4.77. The molecule has 2 N–H and O–H groups in total. The molecule has 0 aliphatic carbocycles. The lowest BCUT2D eigenvalue weighted by atomic mass is 10.0. The Labute approximate surface area is 124 Å². The quantitative estimate of drug-likeness (QED) is 0.781. The highest BCUT2D eigenvalue weighted by Crippen LogP contribution is 2.43. The lowest BCUT2D eigenvalue weighted by Gasteiger charge is -2.04. The highest BCUT2D eigenvalue weighted by molar-refractivity contribution is 7.13. The number of hydrogen-bond donors (Lipinski definition) is 1. The molecule has 3 heterocycles. The van der Waals surface area contributed by atoms with Crippen molar-refractivity contribution in [3.8, 4) is 33.3 Å². The number of aryl methyl sites for hydroxylation is 1. The zero-order valence-corrected chi connectivity index (χ0v) is 12.1. The van der Waals surface area contributed by atoms with Crippen molar-refractivity contribution >= 4 is 17.2 Å². The maximum Gasteiger partial charge on any atom is 0.231 e. The largest absolute Gasteiger partial charge is 0.454 e. The predicted molar refractivity (Wildman–Crippen MR) is 80.5 cm³/mol. The summed E-state index contributed by atoms with van der Waals surface area (Å²) < 4.78 is 16.2. The molecule has 4 rings (SSSR count). The number of thiophene rings is 1. The van der Waals surface area contributed by atoms with Crippen LogP contribution in [0.2, 0.25) is 0 Å². The van der Waals surface area contributed by atoms with Gasteiger partial charge in [-0.25, -0.2) is 0 Å². The zero-order chi connectivity index (χ0) is 14.4. The maximum absolute atomic E-state index is 6.00. The molecule has 0 bridgehead atoms. The van der Waals surface area contributed by atoms with E-state index < -0.39 is 0 Å². The van der Waals surface area contributed by atoms with E-state index in [-0.39, 0.29) is 6.79 Å². The highest BCUT2D eigenvalue weighted by Gasteiger charge is 2.22. The van der Waals surface area contributed by atoms with Crippen LogP contribution in [0.5, 0.6) is 11.5 Å². The summed E-state index contributed by atoms with van der Waals surface area (Å²) in [7, 11) is 0. The van der Waals surface area contributed by atoms with E-state index in [4.69, 9.17) is 19.7 Å². The number of nitrogens with two attached hydrogens (primary N) is 1. The first-order valence-corrected chi connectivity index (χ1v) is 7.31. The SMILES string of the molecule is Cc1ccsc1-c1onc(N)c1-c1ccc2c(c1)OCO2. The molecule has 0 radical (unpaired) electrons. The van der Waals surface area contributed by atoms with Crippen LogP contribution in [-0.4, -0.2) is 11.9 Å². The van der Waals surface area contributed by atoms with Gasteiger partial charge in [0.05, 0.1) is 10.4 Å². The normalized spacial score (nSPS) is 12.8. The van der Waals surface area contributed by atoms with E-state index in [0.29, 0.717) is 17.3 Å². The van der Waals surface area contributed by atoms with Crippen molar-refractivity contribution in [1.82, 2.24) is 5.16 Å². The van der Waals surface area contributed by atoms with Gasteiger partial charge >= 0.3 is 0 Å². The van der Waals surface area contributed by atoms with Gasteiger partial charge in [-0.05, 0) is 41.6 Å². The molecule has 0 saturated heterocycles. The molecule has 0 amide bonds. The topological polar surface area (TPSA) is 70.5 Å². The van der Waals surface area contributed by atoms with E-state index in [2.05, 4.69) is 5.16 Å². The summed E-state index contributed by atoms with van der Waals surface area (Å²) in [4.78, 5) is 1.03. The van der Waals surface area contributed by atoms with Gasteiger partial charge in [-0.3, -0.25) is 0 Å². The van der Waals surface area contributed by atoms with Crippen molar-refractivity contribution in [3.05, 3.63) is 35.2 Å². The number of rotatable bonds is 2. The number of nitrogens with zero attached hydrogens (tertiary/aromatic N) is 1. The average molecular weight is 300 g/mol. The fourth-order valence-corrected chi connectivity index (χ4v) is 3.30. The van der Waals surface area contributed by atoms with Crippen molar-refractivity contribution in [2.24, 2.45) is 0 Å². The lowest BCUT2D eigenvalue weighted by molar-refractivity contribution is 0.174. The molecule has 0 atom stereocenters. The van der Waals surface area contributed by atoms with Crippen LogP contribution in [0.25, 0.3) is 21.8 Å². The highest BCUT2D eigenvalue weighted by atomic mass is 32.1. The summed E-state index contributed by atoms with van der Waals surface area (Å²) in [5, 5.41) is 5.94. The number of benzene rings is 1. The Morgan fingerprint density at radius 3 is 2.86 bits per heavy atom. The second kappa shape index (κ2) is 4.53. The monoisotopic (exact) mass is 300 g/mol. The first-order chi connectivity index (χ1) is 10.2. The van der Waals surface area contributed by atoms with Crippen molar-refractivity contribution in [2.75, 3.05) is 12.5 Å².